The summed E-state index contributed by atoms with van der Waals surface area (Å²) >= 11 is 0. The van der Waals surface area contributed by atoms with Gasteiger partial charge in [0.25, 0.3) is 5.56 Å². The largest absolute Gasteiger partial charge is 0.417 e. The summed E-state index contributed by atoms with van der Waals surface area (Å²) in [6.45, 7) is 11.2. The highest BCUT2D eigenvalue weighted by atomic mass is 16.6. The van der Waals surface area contributed by atoms with E-state index in [1.807, 2.05) is 36.4 Å². The summed E-state index contributed by atoms with van der Waals surface area (Å²) in [5, 5.41) is 7.98. The standard InChI is InChI=1S/C34H41N7O3/c1-6-40(23-34(2,3)22-39(4)5)19-25-12-13-30-26(14-25)15-31(38-30)29-16-27(17-35-32(29)42)37-33(43)44-28-18-36-41(21-28)20-24-10-8-7-9-11-24/h7-18,21,38H,6,19-20,22-23H2,1-5H3,(H,35,42)(H,37,43). The molecule has 3 aromatic heterocycles. The van der Waals surface area contributed by atoms with Crippen molar-refractivity contribution in [3.05, 3.63) is 101 Å². The summed E-state index contributed by atoms with van der Waals surface area (Å²) < 4.78 is 7.12. The summed E-state index contributed by atoms with van der Waals surface area (Å²) in [5.41, 5.74) is 4.62. The number of hydrogen-bond donors (Lipinski definition) is 3. The Bertz CT molecular complexity index is 1770. The molecular formula is C34H41N7O3. The summed E-state index contributed by atoms with van der Waals surface area (Å²) in [6, 6.07) is 19.9. The molecule has 0 fully saturated rings. The number of rotatable bonds is 12. The Morgan fingerprint density at radius 1 is 1.05 bits per heavy atom. The molecule has 0 unspecified atom stereocenters. The van der Waals surface area contributed by atoms with Gasteiger partial charge in [-0.25, -0.2) is 4.79 Å². The molecule has 0 saturated heterocycles. The smallest absolute Gasteiger partial charge is 0.407 e. The average Bonchev–Trinajstić information content (AvgIpc) is 3.59. The van der Waals surface area contributed by atoms with Crippen molar-refractivity contribution in [1.29, 1.82) is 0 Å². The van der Waals surface area contributed by atoms with Crippen molar-refractivity contribution in [2.24, 2.45) is 5.41 Å². The minimum atomic E-state index is -0.683. The number of hydrogen-bond acceptors (Lipinski definition) is 6. The van der Waals surface area contributed by atoms with Crippen molar-refractivity contribution in [3.8, 4) is 17.0 Å². The van der Waals surface area contributed by atoms with Gasteiger partial charge in [-0.15, -0.1) is 0 Å². The van der Waals surface area contributed by atoms with Gasteiger partial charge >= 0.3 is 6.09 Å². The minimum absolute atomic E-state index is 0.168. The lowest BCUT2D eigenvalue weighted by molar-refractivity contribution is 0.143. The van der Waals surface area contributed by atoms with Crippen LogP contribution in [0.25, 0.3) is 22.2 Å². The van der Waals surface area contributed by atoms with Crippen molar-refractivity contribution >= 4 is 22.7 Å². The Morgan fingerprint density at radius 2 is 1.84 bits per heavy atom. The first-order chi connectivity index (χ1) is 21.1. The van der Waals surface area contributed by atoms with Crippen LogP contribution in [0, 0.1) is 5.41 Å². The molecule has 3 heterocycles. The first kappa shape index (κ1) is 30.8. The van der Waals surface area contributed by atoms with Crippen molar-refractivity contribution < 1.29 is 9.53 Å². The zero-order valence-electron chi connectivity index (χ0n) is 26.1. The zero-order valence-corrected chi connectivity index (χ0v) is 26.1. The maximum atomic E-state index is 12.8. The second kappa shape index (κ2) is 13.3. The number of nitrogens with one attached hydrogen (secondary N) is 3. The van der Waals surface area contributed by atoms with E-state index in [0.29, 0.717) is 29.2 Å². The first-order valence-corrected chi connectivity index (χ1v) is 14.8. The van der Waals surface area contributed by atoms with Crippen LogP contribution in [0.5, 0.6) is 5.75 Å². The van der Waals surface area contributed by atoms with Crippen LogP contribution in [-0.2, 0) is 13.1 Å². The highest BCUT2D eigenvalue weighted by molar-refractivity contribution is 5.89. The average molecular weight is 596 g/mol. The molecule has 3 N–H and O–H groups in total. The number of amides is 1. The van der Waals surface area contributed by atoms with Crippen molar-refractivity contribution in [1.82, 2.24) is 29.5 Å². The summed E-state index contributed by atoms with van der Waals surface area (Å²) in [4.78, 5) is 36.2. The number of fused-ring (bicyclic) bond motifs is 1. The lowest BCUT2D eigenvalue weighted by Gasteiger charge is -2.34. The van der Waals surface area contributed by atoms with Crippen LogP contribution in [0.4, 0.5) is 10.5 Å². The van der Waals surface area contributed by atoms with Crippen LogP contribution in [0.3, 0.4) is 0 Å². The van der Waals surface area contributed by atoms with E-state index in [4.69, 9.17) is 4.74 Å². The number of carbonyl (C=O) groups is 1. The van der Waals surface area contributed by atoms with Crippen molar-refractivity contribution in [2.75, 3.05) is 39.0 Å². The summed E-state index contributed by atoms with van der Waals surface area (Å²) in [7, 11) is 4.23. The number of aromatic amines is 2. The minimum Gasteiger partial charge on any atom is -0.407 e. The number of anilines is 1. The second-order valence-corrected chi connectivity index (χ2v) is 12.3. The fourth-order valence-corrected chi connectivity index (χ4v) is 5.74. The molecule has 5 aromatic rings. The van der Waals surface area contributed by atoms with Gasteiger partial charge in [-0.05, 0) is 61.4 Å². The van der Waals surface area contributed by atoms with Gasteiger partial charge < -0.3 is 19.6 Å². The molecule has 0 aliphatic carbocycles. The molecule has 0 spiro atoms. The fourth-order valence-electron chi connectivity index (χ4n) is 5.74. The molecule has 10 nitrogen and oxygen atoms in total. The topological polar surface area (TPSA) is 111 Å². The fraction of sp³-hybridized carbons (Fsp3) is 0.324. The van der Waals surface area contributed by atoms with Gasteiger partial charge in [0.2, 0.25) is 0 Å². The lowest BCUT2D eigenvalue weighted by atomic mass is 9.92. The van der Waals surface area contributed by atoms with E-state index in [0.717, 1.165) is 42.6 Å². The molecule has 5 rings (SSSR count). The summed E-state index contributed by atoms with van der Waals surface area (Å²) in [5.74, 6) is 0.317. The SMILES string of the molecule is CCN(Cc1ccc2[nH]c(-c3cc(NC(=O)Oc4cnn(Cc5ccccc5)c4)c[nH]c3=O)cc2c1)CC(C)(C)CN(C)C. The number of ether oxygens (including phenoxy) is 1. The number of aromatic nitrogens is 4. The molecule has 0 saturated carbocycles. The van der Waals surface area contributed by atoms with Crippen LogP contribution >= 0.6 is 0 Å². The predicted octanol–water partition coefficient (Wildman–Crippen LogP) is 5.79. The van der Waals surface area contributed by atoms with Gasteiger partial charge in [-0.2, -0.15) is 5.10 Å². The molecule has 1 amide bonds. The third-order valence-corrected chi connectivity index (χ3v) is 7.38. The van der Waals surface area contributed by atoms with Gasteiger partial charge in [0, 0.05) is 36.7 Å². The van der Waals surface area contributed by atoms with E-state index in [-0.39, 0.29) is 11.0 Å². The Balaban J connectivity index is 1.25. The molecule has 0 aliphatic rings. The van der Waals surface area contributed by atoms with E-state index >= 15 is 0 Å². The van der Waals surface area contributed by atoms with E-state index in [2.05, 4.69) is 83.2 Å². The van der Waals surface area contributed by atoms with E-state index in [1.165, 1.54) is 18.0 Å². The molecule has 0 atom stereocenters. The third kappa shape index (κ3) is 8.03. The van der Waals surface area contributed by atoms with Gasteiger partial charge in [-0.1, -0.05) is 57.2 Å². The van der Waals surface area contributed by atoms with E-state index in [1.54, 1.807) is 16.9 Å². The van der Waals surface area contributed by atoms with Crippen molar-refractivity contribution in [2.45, 2.75) is 33.9 Å². The maximum absolute atomic E-state index is 12.8. The zero-order chi connectivity index (χ0) is 31.3. The number of nitrogens with zero attached hydrogens (tertiary/aromatic N) is 4. The number of H-pyrrole nitrogens is 2. The third-order valence-electron chi connectivity index (χ3n) is 7.38. The molecule has 0 radical (unpaired) electrons. The molecule has 230 valence electrons. The number of carbonyl (C=O) groups excluding carboxylic acids is 1. The Kier molecular flexibility index (Phi) is 9.32. The van der Waals surface area contributed by atoms with Crippen LogP contribution in [-0.4, -0.2) is 69.4 Å². The van der Waals surface area contributed by atoms with Crippen molar-refractivity contribution in [3.63, 3.8) is 0 Å². The van der Waals surface area contributed by atoms with Gasteiger partial charge in [0.15, 0.2) is 5.75 Å². The highest BCUT2D eigenvalue weighted by Crippen LogP contribution is 2.26. The molecule has 0 bridgehead atoms. The summed E-state index contributed by atoms with van der Waals surface area (Å²) in [6.07, 6.45) is 3.92. The molecule has 0 aliphatic heterocycles. The maximum Gasteiger partial charge on any atom is 0.417 e. The lowest BCUT2D eigenvalue weighted by Crippen LogP contribution is -2.39. The normalized spacial score (nSPS) is 11.9. The van der Waals surface area contributed by atoms with Gasteiger partial charge in [-0.3, -0.25) is 19.7 Å². The highest BCUT2D eigenvalue weighted by Gasteiger charge is 2.22. The Hall–Kier alpha value is -4.67. The van der Waals surface area contributed by atoms with E-state index in [9.17, 15) is 9.59 Å². The van der Waals surface area contributed by atoms with Crippen LogP contribution in [0.1, 0.15) is 31.9 Å². The second-order valence-electron chi connectivity index (χ2n) is 12.3. The monoisotopic (exact) mass is 595 g/mol. The van der Waals surface area contributed by atoms with Gasteiger partial charge in [0.1, 0.15) is 0 Å². The van der Waals surface area contributed by atoms with Crippen LogP contribution < -0.4 is 15.6 Å². The molecule has 10 heteroatoms. The molecular weight excluding hydrogens is 554 g/mol. The van der Waals surface area contributed by atoms with Crippen LogP contribution in [0.15, 0.2) is 84.0 Å². The molecule has 2 aromatic carbocycles. The molecule has 44 heavy (non-hydrogen) atoms. The van der Waals surface area contributed by atoms with E-state index < -0.39 is 6.09 Å². The first-order valence-electron chi connectivity index (χ1n) is 14.8. The Morgan fingerprint density at radius 3 is 2.59 bits per heavy atom. The predicted molar refractivity (Wildman–Crippen MR) is 175 cm³/mol. The van der Waals surface area contributed by atoms with Gasteiger partial charge in [0.05, 0.1) is 35.9 Å². The number of pyridine rings is 1. The Labute approximate surface area is 257 Å². The number of benzene rings is 2. The quantitative estimate of drug-likeness (QED) is 0.168. The van der Waals surface area contributed by atoms with Crippen LogP contribution in [0.2, 0.25) is 0 Å².